The molecule has 2 heteroatoms. The molecule has 1 heterocycles. The molecule has 0 unspecified atom stereocenters. The molecule has 1 spiro atoms. The topological polar surface area (TPSA) is 23.5 Å². The van der Waals surface area contributed by atoms with E-state index in [0.717, 1.165) is 13.0 Å². The van der Waals surface area contributed by atoms with Gasteiger partial charge in [-0.3, -0.25) is 4.90 Å². The number of phenolic OH excluding ortho intramolecular Hbond substituents is 1. The van der Waals surface area contributed by atoms with Crippen molar-refractivity contribution >= 4 is 0 Å². The van der Waals surface area contributed by atoms with Crippen molar-refractivity contribution in [2.24, 2.45) is 5.41 Å². The summed E-state index contributed by atoms with van der Waals surface area (Å²) < 4.78 is 0. The van der Waals surface area contributed by atoms with Gasteiger partial charge in [0.15, 0.2) is 0 Å². The van der Waals surface area contributed by atoms with Crippen LogP contribution in [0.15, 0.2) is 48.5 Å². The summed E-state index contributed by atoms with van der Waals surface area (Å²) >= 11 is 0. The van der Waals surface area contributed by atoms with E-state index in [0.29, 0.717) is 11.2 Å². The Balaban J connectivity index is 1.42. The van der Waals surface area contributed by atoms with Crippen LogP contribution in [0.4, 0.5) is 0 Å². The van der Waals surface area contributed by atoms with Crippen LogP contribution in [-0.2, 0) is 19.4 Å². The monoisotopic (exact) mass is 265 g/mol. The van der Waals surface area contributed by atoms with Gasteiger partial charge >= 0.3 is 0 Å². The summed E-state index contributed by atoms with van der Waals surface area (Å²) in [7, 11) is 0. The van der Waals surface area contributed by atoms with Crippen molar-refractivity contribution in [3.63, 3.8) is 0 Å². The maximum Gasteiger partial charge on any atom is 0.115 e. The molecule has 1 N–H and O–H groups in total. The van der Waals surface area contributed by atoms with Gasteiger partial charge in [-0.05, 0) is 41.7 Å². The lowest BCUT2D eigenvalue weighted by Gasteiger charge is -2.48. The third kappa shape index (κ3) is 2.01. The lowest BCUT2D eigenvalue weighted by atomic mass is 9.77. The first-order chi connectivity index (χ1) is 9.72. The van der Waals surface area contributed by atoms with E-state index < -0.39 is 0 Å². The molecule has 2 aromatic rings. The van der Waals surface area contributed by atoms with E-state index in [1.165, 1.54) is 36.2 Å². The molecule has 4 rings (SSSR count). The van der Waals surface area contributed by atoms with E-state index in [4.69, 9.17) is 0 Å². The summed E-state index contributed by atoms with van der Waals surface area (Å²) in [5.74, 6) is 0.404. The third-order valence-electron chi connectivity index (χ3n) is 4.69. The van der Waals surface area contributed by atoms with Crippen molar-refractivity contribution in [2.45, 2.75) is 19.4 Å². The van der Waals surface area contributed by atoms with Gasteiger partial charge in [0.2, 0.25) is 0 Å². The first-order valence-corrected chi connectivity index (χ1v) is 7.30. The number of fused-ring (bicyclic) bond motifs is 1. The first-order valence-electron chi connectivity index (χ1n) is 7.30. The SMILES string of the molecule is Oc1ccc2c(c1)CC1(C2)CN(Cc2ccccc2)C1. The molecular weight excluding hydrogens is 246 g/mol. The number of nitrogens with zero attached hydrogens (tertiary/aromatic N) is 1. The Morgan fingerprint density at radius 3 is 2.50 bits per heavy atom. The van der Waals surface area contributed by atoms with Crippen LogP contribution in [0.3, 0.4) is 0 Å². The predicted molar refractivity (Wildman–Crippen MR) is 79.7 cm³/mol. The lowest BCUT2D eigenvalue weighted by molar-refractivity contribution is 0.00243. The minimum atomic E-state index is 0.404. The Labute approximate surface area is 119 Å². The molecule has 2 aromatic carbocycles. The van der Waals surface area contributed by atoms with Crippen molar-refractivity contribution in [3.8, 4) is 5.75 Å². The standard InChI is InChI=1S/C18H19NO/c20-17-7-6-15-9-18(10-16(15)8-17)12-19(13-18)11-14-4-2-1-3-5-14/h1-8,20H,9-13H2. The third-order valence-corrected chi connectivity index (χ3v) is 4.69. The van der Waals surface area contributed by atoms with Gasteiger partial charge in [-0.15, -0.1) is 0 Å². The maximum atomic E-state index is 9.59. The zero-order valence-electron chi connectivity index (χ0n) is 11.5. The van der Waals surface area contributed by atoms with Gasteiger partial charge in [0.05, 0.1) is 0 Å². The molecule has 0 atom stereocenters. The van der Waals surface area contributed by atoms with E-state index in [9.17, 15) is 5.11 Å². The van der Waals surface area contributed by atoms with Gasteiger partial charge in [0.1, 0.15) is 5.75 Å². The summed E-state index contributed by atoms with van der Waals surface area (Å²) in [6.45, 7) is 3.42. The molecule has 0 saturated carbocycles. The molecule has 102 valence electrons. The first kappa shape index (κ1) is 12.0. The average molecular weight is 265 g/mol. The highest BCUT2D eigenvalue weighted by molar-refractivity contribution is 5.41. The van der Waals surface area contributed by atoms with Crippen LogP contribution in [-0.4, -0.2) is 23.1 Å². The fourth-order valence-electron chi connectivity index (χ4n) is 3.90. The molecule has 0 bridgehead atoms. The highest BCUT2D eigenvalue weighted by Crippen LogP contribution is 2.45. The number of hydrogen-bond acceptors (Lipinski definition) is 2. The van der Waals surface area contributed by atoms with Gasteiger partial charge in [0, 0.05) is 25.0 Å². The van der Waals surface area contributed by atoms with E-state index in [1.54, 1.807) is 0 Å². The highest BCUT2D eigenvalue weighted by atomic mass is 16.3. The summed E-state index contributed by atoms with van der Waals surface area (Å²) in [6, 6.07) is 16.6. The Kier molecular flexibility index (Phi) is 2.61. The van der Waals surface area contributed by atoms with Crippen molar-refractivity contribution in [2.75, 3.05) is 13.1 Å². The van der Waals surface area contributed by atoms with Crippen molar-refractivity contribution in [3.05, 3.63) is 65.2 Å². The molecular formula is C18H19NO. The highest BCUT2D eigenvalue weighted by Gasteiger charge is 2.46. The molecule has 1 fully saturated rings. The minimum absolute atomic E-state index is 0.404. The van der Waals surface area contributed by atoms with Crippen molar-refractivity contribution < 1.29 is 5.11 Å². The summed E-state index contributed by atoms with van der Waals surface area (Å²) in [6.07, 6.45) is 2.30. The minimum Gasteiger partial charge on any atom is -0.508 e. The zero-order valence-corrected chi connectivity index (χ0v) is 11.5. The molecule has 2 nitrogen and oxygen atoms in total. The fourth-order valence-corrected chi connectivity index (χ4v) is 3.90. The molecule has 1 saturated heterocycles. The summed E-state index contributed by atoms with van der Waals surface area (Å²) in [5, 5.41) is 9.59. The zero-order chi connectivity index (χ0) is 13.6. The number of hydrogen-bond donors (Lipinski definition) is 1. The van der Waals surface area contributed by atoms with E-state index in [1.807, 2.05) is 12.1 Å². The maximum absolute atomic E-state index is 9.59. The smallest absolute Gasteiger partial charge is 0.115 e. The van der Waals surface area contributed by atoms with Crippen LogP contribution in [0.2, 0.25) is 0 Å². The second-order valence-corrected chi connectivity index (χ2v) is 6.44. The summed E-state index contributed by atoms with van der Waals surface area (Å²) in [5.41, 5.74) is 4.62. The quantitative estimate of drug-likeness (QED) is 0.902. The van der Waals surface area contributed by atoms with Gasteiger partial charge < -0.3 is 5.11 Å². The Hall–Kier alpha value is -1.80. The van der Waals surface area contributed by atoms with Gasteiger partial charge in [-0.2, -0.15) is 0 Å². The van der Waals surface area contributed by atoms with Gasteiger partial charge in [-0.1, -0.05) is 36.4 Å². The number of rotatable bonds is 2. The second-order valence-electron chi connectivity index (χ2n) is 6.44. The van der Waals surface area contributed by atoms with Crippen molar-refractivity contribution in [1.82, 2.24) is 4.90 Å². The molecule has 2 aliphatic rings. The predicted octanol–water partition coefficient (Wildman–Crippen LogP) is 2.99. The molecule has 0 aromatic heterocycles. The fraction of sp³-hybridized carbons (Fsp3) is 0.333. The number of phenols is 1. The Morgan fingerprint density at radius 2 is 1.70 bits per heavy atom. The normalized spacial score (nSPS) is 19.8. The molecule has 0 radical (unpaired) electrons. The molecule has 20 heavy (non-hydrogen) atoms. The van der Waals surface area contributed by atoms with Crippen LogP contribution < -0.4 is 0 Å². The average Bonchev–Trinajstić information content (AvgIpc) is 2.78. The van der Waals surface area contributed by atoms with Crippen LogP contribution in [0, 0.1) is 5.41 Å². The number of aromatic hydroxyl groups is 1. The number of benzene rings is 2. The second kappa shape index (κ2) is 4.35. The van der Waals surface area contributed by atoms with E-state index in [2.05, 4.69) is 41.3 Å². The van der Waals surface area contributed by atoms with Crippen molar-refractivity contribution in [1.29, 1.82) is 0 Å². The van der Waals surface area contributed by atoms with Gasteiger partial charge in [-0.25, -0.2) is 0 Å². The van der Waals surface area contributed by atoms with E-state index in [-0.39, 0.29) is 0 Å². The Bertz CT molecular complexity index is 629. The van der Waals surface area contributed by atoms with E-state index >= 15 is 0 Å². The number of likely N-dealkylation sites (tertiary alicyclic amines) is 1. The van der Waals surface area contributed by atoms with Crippen LogP contribution in [0.25, 0.3) is 0 Å². The Morgan fingerprint density at radius 1 is 0.950 bits per heavy atom. The molecule has 1 aliphatic carbocycles. The summed E-state index contributed by atoms with van der Waals surface area (Å²) in [4.78, 5) is 2.53. The largest absolute Gasteiger partial charge is 0.508 e. The van der Waals surface area contributed by atoms with Crippen LogP contribution in [0.5, 0.6) is 5.75 Å². The lowest BCUT2D eigenvalue weighted by Crippen LogP contribution is -2.56. The molecule has 0 amide bonds. The van der Waals surface area contributed by atoms with Gasteiger partial charge in [0.25, 0.3) is 0 Å². The van der Waals surface area contributed by atoms with Crippen LogP contribution >= 0.6 is 0 Å². The molecule has 1 aliphatic heterocycles. The van der Waals surface area contributed by atoms with Crippen LogP contribution in [0.1, 0.15) is 16.7 Å².